The summed E-state index contributed by atoms with van der Waals surface area (Å²) >= 11 is 1.84. The Balaban J connectivity index is 1.60. The van der Waals surface area contributed by atoms with E-state index in [0.29, 0.717) is 19.6 Å². The van der Waals surface area contributed by atoms with Gasteiger partial charge in [0.15, 0.2) is 0 Å². The second-order valence-electron chi connectivity index (χ2n) is 8.25. The third-order valence-corrected chi connectivity index (χ3v) is 6.70. The lowest BCUT2D eigenvalue weighted by Gasteiger charge is -2.19. The smallest absolute Gasteiger partial charge is 0.132 e. The Bertz CT molecular complexity index is 1010. The van der Waals surface area contributed by atoms with E-state index in [0.717, 1.165) is 46.8 Å². The molecule has 1 aromatic heterocycles. The zero-order valence-corrected chi connectivity index (χ0v) is 20.6. The molecule has 0 saturated heterocycles. The van der Waals surface area contributed by atoms with Gasteiger partial charge in [-0.1, -0.05) is 43.3 Å². The van der Waals surface area contributed by atoms with Crippen LogP contribution in [0.3, 0.4) is 0 Å². The maximum Gasteiger partial charge on any atom is 0.132 e. The lowest BCUT2D eigenvalue weighted by atomic mass is 9.95. The Morgan fingerprint density at radius 2 is 1.76 bits per heavy atom. The fourth-order valence-corrected chi connectivity index (χ4v) is 4.36. The predicted molar refractivity (Wildman–Crippen MR) is 135 cm³/mol. The molecule has 0 spiro atoms. The van der Waals surface area contributed by atoms with Crippen molar-refractivity contribution in [2.45, 2.75) is 51.5 Å². The lowest BCUT2D eigenvalue weighted by molar-refractivity contribution is -0.120. The van der Waals surface area contributed by atoms with Crippen molar-refractivity contribution in [1.82, 2.24) is 4.98 Å². The molecule has 2 aromatic carbocycles. The van der Waals surface area contributed by atoms with Crippen molar-refractivity contribution in [3.05, 3.63) is 83.7 Å². The number of benzene rings is 2. The van der Waals surface area contributed by atoms with Crippen LogP contribution >= 0.6 is 11.8 Å². The van der Waals surface area contributed by atoms with Crippen LogP contribution < -0.4 is 9.47 Å². The van der Waals surface area contributed by atoms with E-state index in [1.165, 1.54) is 4.90 Å². The topological polar surface area (TPSA) is 48.4 Å². The number of Topliss-reactive ketones (excluding diaryl/α,β-unsaturated/α-hetero) is 1. The minimum atomic E-state index is -0.0480. The van der Waals surface area contributed by atoms with Crippen molar-refractivity contribution < 1.29 is 14.3 Å². The van der Waals surface area contributed by atoms with E-state index in [2.05, 4.69) is 17.1 Å². The molecule has 0 aliphatic carbocycles. The molecular formula is C28H33NO3S. The van der Waals surface area contributed by atoms with Gasteiger partial charge in [-0.05, 0) is 68.2 Å². The molecule has 0 amide bonds. The molecule has 3 aromatic rings. The zero-order valence-electron chi connectivity index (χ0n) is 19.8. The van der Waals surface area contributed by atoms with Crippen LogP contribution in [0.15, 0.2) is 71.9 Å². The number of unbranched alkanes of at least 4 members (excludes halogenated alkanes) is 1. The number of nitrogens with zero attached hydrogens (tertiary/aromatic N) is 1. The van der Waals surface area contributed by atoms with Crippen LogP contribution in [0.4, 0.5) is 0 Å². The number of carbonyl (C=O) groups excluding carboxylic acids is 1. The van der Waals surface area contributed by atoms with Crippen molar-refractivity contribution in [2.75, 3.05) is 12.4 Å². The van der Waals surface area contributed by atoms with Gasteiger partial charge in [0.1, 0.15) is 23.9 Å². The quantitative estimate of drug-likeness (QED) is 0.209. The summed E-state index contributed by atoms with van der Waals surface area (Å²) in [5, 5.41) is 0. The van der Waals surface area contributed by atoms with Gasteiger partial charge in [-0.2, -0.15) is 0 Å². The van der Waals surface area contributed by atoms with Gasteiger partial charge < -0.3 is 9.47 Å². The minimum Gasteiger partial charge on any atom is -0.493 e. The molecular weight excluding hydrogens is 430 g/mol. The third kappa shape index (κ3) is 7.93. The first-order valence-electron chi connectivity index (χ1n) is 11.5. The summed E-state index contributed by atoms with van der Waals surface area (Å²) in [6, 6.07) is 18.3. The Morgan fingerprint density at radius 3 is 2.48 bits per heavy atom. The SMILES string of the molecule is CC(=O)C(C)Cc1ccc(OCCCCSc2ccncc2)c(C)c1OCc1ccccc1. The van der Waals surface area contributed by atoms with Crippen LogP contribution in [0.1, 0.15) is 43.4 Å². The van der Waals surface area contributed by atoms with E-state index < -0.39 is 0 Å². The number of rotatable bonds is 13. The Morgan fingerprint density at radius 1 is 1.00 bits per heavy atom. The standard InChI is InChI=1S/C28H33NO3S/c1-21(23(3)30)19-25-11-12-27(22(2)28(25)32-20-24-9-5-4-6-10-24)31-17-7-8-18-33-26-13-15-29-16-14-26/h4-6,9-16,21H,7-8,17-20H2,1-3H3. The summed E-state index contributed by atoms with van der Waals surface area (Å²) in [6.45, 7) is 6.80. The van der Waals surface area contributed by atoms with Gasteiger partial charge in [0, 0.05) is 28.8 Å². The summed E-state index contributed by atoms with van der Waals surface area (Å²) in [6.07, 6.45) is 6.38. The minimum absolute atomic E-state index is 0.0480. The number of thioether (sulfide) groups is 1. The molecule has 0 saturated carbocycles. The van der Waals surface area contributed by atoms with Crippen LogP contribution in [0.25, 0.3) is 0 Å². The Kier molecular flexibility index (Phi) is 9.82. The molecule has 1 heterocycles. The highest BCUT2D eigenvalue weighted by atomic mass is 32.2. The van der Waals surface area contributed by atoms with Gasteiger partial charge in [0.25, 0.3) is 0 Å². The third-order valence-electron chi connectivity index (χ3n) is 5.60. The second kappa shape index (κ2) is 13.0. The molecule has 0 radical (unpaired) electrons. The largest absolute Gasteiger partial charge is 0.493 e. The molecule has 4 nitrogen and oxygen atoms in total. The van der Waals surface area contributed by atoms with Gasteiger partial charge in [0.2, 0.25) is 0 Å². The molecule has 1 unspecified atom stereocenters. The van der Waals surface area contributed by atoms with Crippen molar-refractivity contribution in [1.29, 1.82) is 0 Å². The maximum absolute atomic E-state index is 11.8. The van der Waals surface area contributed by atoms with Crippen molar-refractivity contribution in [3.63, 3.8) is 0 Å². The first-order valence-corrected chi connectivity index (χ1v) is 12.5. The second-order valence-corrected chi connectivity index (χ2v) is 9.42. The van der Waals surface area contributed by atoms with E-state index in [1.54, 1.807) is 6.92 Å². The number of carbonyl (C=O) groups is 1. The van der Waals surface area contributed by atoms with Gasteiger partial charge in [-0.3, -0.25) is 9.78 Å². The average molecular weight is 464 g/mol. The number of hydrogen-bond acceptors (Lipinski definition) is 5. The average Bonchev–Trinajstić information content (AvgIpc) is 2.83. The van der Waals surface area contributed by atoms with Gasteiger partial charge in [-0.15, -0.1) is 11.8 Å². The van der Waals surface area contributed by atoms with E-state index in [9.17, 15) is 4.79 Å². The molecule has 33 heavy (non-hydrogen) atoms. The number of ketones is 1. The maximum atomic E-state index is 11.8. The van der Waals surface area contributed by atoms with Crippen LogP contribution in [0, 0.1) is 12.8 Å². The van der Waals surface area contributed by atoms with Crippen LogP contribution in [0.5, 0.6) is 11.5 Å². The Hall–Kier alpha value is -2.79. The van der Waals surface area contributed by atoms with Crippen LogP contribution in [0.2, 0.25) is 0 Å². The van der Waals surface area contributed by atoms with Crippen LogP contribution in [-0.2, 0) is 17.8 Å². The molecule has 3 rings (SSSR count). The fraction of sp³-hybridized carbons (Fsp3) is 0.357. The molecule has 1 atom stereocenters. The van der Waals surface area contributed by atoms with E-state index in [4.69, 9.17) is 9.47 Å². The molecule has 0 bridgehead atoms. The van der Waals surface area contributed by atoms with Crippen molar-refractivity contribution in [3.8, 4) is 11.5 Å². The summed E-state index contributed by atoms with van der Waals surface area (Å²) in [4.78, 5) is 17.1. The fourth-order valence-electron chi connectivity index (χ4n) is 3.46. The molecule has 0 fully saturated rings. The summed E-state index contributed by atoms with van der Waals surface area (Å²) in [5.74, 6) is 2.87. The molecule has 0 N–H and O–H groups in total. The van der Waals surface area contributed by atoms with Crippen LogP contribution in [-0.4, -0.2) is 23.1 Å². The highest BCUT2D eigenvalue weighted by Gasteiger charge is 2.17. The molecule has 174 valence electrons. The highest BCUT2D eigenvalue weighted by Crippen LogP contribution is 2.34. The number of hydrogen-bond donors (Lipinski definition) is 0. The molecule has 0 aliphatic heterocycles. The first-order chi connectivity index (χ1) is 16.0. The highest BCUT2D eigenvalue weighted by molar-refractivity contribution is 7.99. The van der Waals surface area contributed by atoms with Gasteiger partial charge in [-0.25, -0.2) is 0 Å². The first kappa shape index (κ1) is 24.8. The normalized spacial score (nSPS) is 11.7. The molecule has 0 aliphatic rings. The van der Waals surface area contributed by atoms with E-state index >= 15 is 0 Å². The van der Waals surface area contributed by atoms with Crippen molar-refractivity contribution in [2.24, 2.45) is 5.92 Å². The number of pyridine rings is 1. The lowest BCUT2D eigenvalue weighted by Crippen LogP contribution is -2.12. The van der Waals surface area contributed by atoms with E-state index in [1.807, 2.05) is 80.5 Å². The monoisotopic (exact) mass is 463 g/mol. The summed E-state index contributed by atoms with van der Waals surface area (Å²) in [5.41, 5.74) is 3.15. The molecule has 5 heteroatoms. The zero-order chi connectivity index (χ0) is 23.5. The van der Waals surface area contributed by atoms with E-state index in [-0.39, 0.29) is 11.7 Å². The number of aromatic nitrogens is 1. The number of ether oxygens (including phenoxy) is 2. The van der Waals surface area contributed by atoms with Gasteiger partial charge >= 0.3 is 0 Å². The van der Waals surface area contributed by atoms with Gasteiger partial charge in [0.05, 0.1) is 6.61 Å². The summed E-state index contributed by atoms with van der Waals surface area (Å²) in [7, 11) is 0. The summed E-state index contributed by atoms with van der Waals surface area (Å²) < 4.78 is 12.4. The van der Waals surface area contributed by atoms with Crippen molar-refractivity contribution >= 4 is 17.5 Å². The Labute approximate surface area is 201 Å². The predicted octanol–water partition coefficient (Wildman–Crippen LogP) is 6.69.